The highest BCUT2D eigenvalue weighted by Crippen LogP contribution is 2.29. The van der Waals surface area contributed by atoms with Gasteiger partial charge in [0.15, 0.2) is 10.8 Å². The zero-order chi connectivity index (χ0) is 11.5. The molecule has 0 spiro atoms. The van der Waals surface area contributed by atoms with E-state index in [4.69, 9.17) is 5.11 Å². The number of thiazole rings is 1. The van der Waals surface area contributed by atoms with Gasteiger partial charge in [-0.25, -0.2) is 9.78 Å². The molecular weight excluding hydrogens is 224 g/mol. The second-order valence-corrected chi connectivity index (χ2v) is 5.18. The monoisotopic (exact) mass is 240 g/mol. The minimum atomic E-state index is -0.960. The fourth-order valence-electron chi connectivity index (χ4n) is 2.21. The zero-order valence-electron chi connectivity index (χ0n) is 9.27. The van der Waals surface area contributed by atoms with Gasteiger partial charge in [-0.05, 0) is 25.7 Å². The third kappa shape index (κ3) is 2.52. The van der Waals surface area contributed by atoms with Gasteiger partial charge in [-0.2, -0.15) is 0 Å². The first-order chi connectivity index (χ1) is 7.66. The number of aromatic nitrogens is 1. The summed E-state index contributed by atoms with van der Waals surface area (Å²) in [6.45, 7) is 2.15. The van der Waals surface area contributed by atoms with Crippen LogP contribution < -0.4 is 5.32 Å². The Labute approximate surface area is 98.7 Å². The van der Waals surface area contributed by atoms with Crippen molar-refractivity contribution < 1.29 is 9.90 Å². The van der Waals surface area contributed by atoms with Crippen LogP contribution in [0.2, 0.25) is 0 Å². The van der Waals surface area contributed by atoms with Gasteiger partial charge in [0.1, 0.15) is 0 Å². The van der Waals surface area contributed by atoms with E-state index in [2.05, 4.69) is 17.2 Å². The van der Waals surface area contributed by atoms with Crippen LogP contribution in [0.15, 0.2) is 5.38 Å². The van der Waals surface area contributed by atoms with Crippen molar-refractivity contribution in [1.29, 1.82) is 0 Å². The summed E-state index contributed by atoms with van der Waals surface area (Å²) >= 11 is 1.36. The van der Waals surface area contributed by atoms with Gasteiger partial charge in [-0.1, -0.05) is 12.8 Å². The zero-order valence-corrected chi connectivity index (χ0v) is 10.1. The van der Waals surface area contributed by atoms with Crippen molar-refractivity contribution in [3.63, 3.8) is 0 Å². The molecule has 2 rings (SSSR count). The summed E-state index contributed by atoms with van der Waals surface area (Å²) in [5, 5.41) is 14.4. The molecule has 1 saturated carbocycles. The number of carboxylic acid groups (broad SMARTS) is 1. The fraction of sp³-hybridized carbons (Fsp3) is 0.636. The summed E-state index contributed by atoms with van der Waals surface area (Å²) in [5.74, 6) is -0.255. The van der Waals surface area contributed by atoms with E-state index in [1.165, 1.54) is 37.0 Å². The highest BCUT2D eigenvalue weighted by molar-refractivity contribution is 7.13. The van der Waals surface area contributed by atoms with Crippen LogP contribution in [-0.2, 0) is 0 Å². The Morgan fingerprint density at radius 2 is 2.31 bits per heavy atom. The Bertz CT molecular complexity index is 372. The summed E-state index contributed by atoms with van der Waals surface area (Å²) in [6.07, 6.45) is 5.17. The van der Waals surface area contributed by atoms with E-state index in [1.807, 2.05) is 0 Å². The molecule has 0 saturated heterocycles. The molecule has 0 aliphatic heterocycles. The molecule has 2 N–H and O–H groups in total. The number of carbonyl (C=O) groups is 1. The lowest BCUT2D eigenvalue weighted by atomic mass is 10.0. The van der Waals surface area contributed by atoms with Gasteiger partial charge in [0, 0.05) is 11.4 Å². The number of aromatic carboxylic acids is 1. The predicted molar refractivity (Wildman–Crippen MR) is 64.1 cm³/mol. The first-order valence-corrected chi connectivity index (χ1v) is 6.50. The second kappa shape index (κ2) is 4.82. The molecule has 1 aliphatic rings. The maximum atomic E-state index is 10.7. The molecular formula is C11H16N2O2S. The van der Waals surface area contributed by atoms with Gasteiger partial charge in [0.05, 0.1) is 0 Å². The van der Waals surface area contributed by atoms with Crippen LogP contribution in [-0.4, -0.2) is 22.1 Å². The minimum absolute atomic E-state index is 0.131. The van der Waals surface area contributed by atoms with Crippen molar-refractivity contribution in [2.24, 2.45) is 5.92 Å². The molecule has 1 atom stereocenters. The fourth-order valence-corrected chi connectivity index (χ4v) is 2.99. The van der Waals surface area contributed by atoms with Gasteiger partial charge >= 0.3 is 5.97 Å². The Balaban J connectivity index is 1.94. The number of nitrogens with one attached hydrogen (secondary N) is 1. The highest BCUT2D eigenvalue weighted by atomic mass is 32.1. The van der Waals surface area contributed by atoms with Gasteiger partial charge in [-0.15, -0.1) is 11.3 Å². The van der Waals surface area contributed by atoms with Crippen molar-refractivity contribution in [2.45, 2.75) is 38.6 Å². The number of hydrogen-bond donors (Lipinski definition) is 2. The van der Waals surface area contributed by atoms with Crippen LogP contribution >= 0.6 is 11.3 Å². The van der Waals surface area contributed by atoms with Crippen LogP contribution in [0.3, 0.4) is 0 Å². The summed E-state index contributed by atoms with van der Waals surface area (Å²) in [7, 11) is 0. The van der Waals surface area contributed by atoms with E-state index in [0.717, 1.165) is 5.13 Å². The van der Waals surface area contributed by atoms with E-state index in [-0.39, 0.29) is 5.69 Å². The van der Waals surface area contributed by atoms with Gasteiger partial charge < -0.3 is 10.4 Å². The second-order valence-electron chi connectivity index (χ2n) is 4.32. The lowest BCUT2D eigenvalue weighted by molar-refractivity contribution is 0.0691. The molecule has 4 nitrogen and oxygen atoms in total. The van der Waals surface area contributed by atoms with Crippen LogP contribution in [0.5, 0.6) is 0 Å². The van der Waals surface area contributed by atoms with Crippen molar-refractivity contribution in [1.82, 2.24) is 4.98 Å². The Kier molecular flexibility index (Phi) is 3.43. The molecule has 1 heterocycles. The number of hydrogen-bond acceptors (Lipinski definition) is 4. The molecule has 1 fully saturated rings. The van der Waals surface area contributed by atoms with Gasteiger partial charge in [0.25, 0.3) is 0 Å². The molecule has 0 amide bonds. The summed E-state index contributed by atoms with van der Waals surface area (Å²) < 4.78 is 0. The summed E-state index contributed by atoms with van der Waals surface area (Å²) in [6, 6.07) is 0.385. The molecule has 5 heteroatoms. The predicted octanol–water partition coefficient (Wildman–Crippen LogP) is 2.83. The third-order valence-corrected chi connectivity index (χ3v) is 3.95. The average molecular weight is 240 g/mol. The molecule has 0 aromatic carbocycles. The molecule has 1 aliphatic carbocycles. The topological polar surface area (TPSA) is 62.2 Å². The number of nitrogens with zero attached hydrogens (tertiary/aromatic N) is 1. The molecule has 1 unspecified atom stereocenters. The quantitative estimate of drug-likeness (QED) is 0.849. The Morgan fingerprint density at radius 3 is 2.88 bits per heavy atom. The highest BCUT2D eigenvalue weighted by Gasteiger charge is 2.22. The number of anilines is 1. The standard InChI is InChI=1S/C11H16N2O2S/c1-7(8-4-2-3-5-8)12-11-13-9(6-16-11)10(14)15/h6-8H,2-5H2,1H3,(H,12,13)(H,14,15). The van der Waals surface area contributed by atoms with E-state index in [1.54, 1.807) is 5.38 Å². The molecule has 0 bridgehead atoms. The van der Waals surface area contributed by atoms with Crippen LogP contribution in [0.4, 0.5) is 5.13 Å². The number of rotatable bonds is 4. The van der Waals surface area contributed by atoms with Gasteiger partial charge in [-0.3, -0.25) is 0 Å². The van der Waals surface area contributed by atoms with Crippen molar-refractivity contribution in [3.8, 4) is 0 Å². The molecule has 88 valence electrons. The molecule has 0 radical (unpaired) electrons. The van der Waals surface area contributed by atoms with Crippen molar-refractivity contribution in [3.05, 3.63) is 11.1 Å². The van der Waals surface area contributed by atoms with Crippen LogP contribution in [0.25, 0.3) is 0 Å². The maximum Gasteiger partial charge on any atom is 0.355 e. The van der Waals surface area contributed by atoms with Crippen molar-refractivity contribution >= 4 is 22.4 Å². The van der Waals surface area contributed by atoms with E-state index >= 15 is 0 Å². The normalized spacial score (nSPS) is 18.6. The first kappa shape index (κ1) is 11.4. The minimum Gasteiger partial charge on any atom is -0.476 e. The lowest BCUT2D eigenvalue weighted by Crippen LogP contribution is -2.23. The van der Waals surface area contributed by atoms with E-state index in [0.29, 0.717) is 12.0 Å². The van der Waals surface area contributed by atoms with Gasteiger partial charge in [0.2, 0.25) is 0 Å². The average Bonchev–Trinajstić information content (AvgIpc) is 2.87. The molecule has 1 aromatic rings. The molecule has 1 aromatic heterocycles. The maximum absolute atomic E-state index is 10.7. The van der Waals surface area contributed by atoms with E-state index in [9.17, 15) is 4.79 Å². The number of carboxylic acids is 1. The van der Waals surface area contributed by atoms with Crippen molar-refractivity contribution in [2.75, 3.05) is 5.32 Å². The Morgan fingerprint density at radius 1 is 1.62 bits per heavy atom. The largest absolute Gasteiger partial charge is 0.476 e. The Hall–Kier alpha value is -1.10. The van der Waals surface area contributed by atoms with Crippen LogP contribution in [0.1, 0.15) is 43.1 Å². The summed E-state index contributed by atoms with van der Waals surface area (Å²) in [4.78, 5) is 14.7. The SMILES string of the molecule is CC(Nc1nc(C(=O)O)cs1)C1CCCC1. The first-order valence-electron chi connectivity index (χ1n) is 5.62. The lowest BCUT2D eigenvalue weighted by Gasteiger charge is -2.19. The summed E-state index contributed by atoms with van der Waals surface area (Å²) in [5.41, 5.74) is 0.131. The molecule has 16 heavy (non-hydrogen) atoms. The van der Waals surface area contributed by atoms with Crippen LogP contribution in [0, 0.1) is 5.92 Å². The van der Waals surface area contributed by atoms with E-state index < -0.39 is 5.97 Å². The smallest absolute Gasteiger partial charge is 0.355 e. The third-order valence-electron chi connectivity index (χ3n) is 3.18.